The molecular formula is C36H41N3O8S2. The summed E-state index contributed by atoms with van der Waals surface area (Å²) in [6.07, 6.45) is 2.49. The molecule has 11 nitrogen and oxygen atoms in total. The number of phenols is 3. The van der Waals surface area contributed by atoms with Crippen LogP contribution in [0.4, 0.5) is 0 Å². The number of aryl methyl sites for hydroxylation is 1. The van der Waals surface area contributed by atoms with Gasteiger partial charge in [-0.2, -0.15) is 4.31 Å². The number of phenolic OH excluding ortho intramolecular Hbond substituents is 3. The average Bonchev–Trinajstić information content (AvgIpc) is 3.10. The van der Waals surface area contributed by atoms with Gasteiger partial charge in [0.2, 0.25) is 25.8 Å². The Morgan fingerprint density at radius 3 is 2.10 bits per heavy atom. The molecule has 0 aromatic heterocycles. The number of hydrogen-bond donors (Lipinski definition) is 4. The largest absolute Gasteiger partial charge is 0.504 e. The van der Waals surface area contributed by atoms with Crippen molar-refractivity contribution in [1.29, 1.82) is 0 Å². The van der Waals surface area contributed by atoms with Crippen molar-refractivity contribution in [2.45, 2.75) is 55.4 Å². The lowest BCUT2D eigenvalue weighted by atomic mass is 9.99. The summed E-state index contributed by atoms with van der Waals surface area (Å²) in [7, 11) is -8.26. The van der Waals surface area contributed by atoms with Crippen molar-refractivity contribution in [3.05, 3.63) is 113 Å². The van der Waals surface area contributed by atoms with E-state index in [4.69, 9.17) is 0 Å². The van der Waals surface area contributed by atoms with Crippen molar-refractivity contribution >= 4 is 26.0 Å². The molecule has 0 bridgehead atoms. The molecule has 4 N–H and O–H groups in total. The number of sulfonamides is 2. The van der Waals surface area contributed by atoms with Crippen LogP contribution in [0, 0.1) is 0 Å². The lowest BCUT2D eigenvalue weighted by Gasteiger charge is -2.30. The third-order valence-electron chi connectivity index (χ3n) is 8.59. The first-order valence-electron chi connectivity index (χ1n) is 16.2. The van der Waals surface area contributed by atoms with Crippen molar-refractivity contribution in [3.63, 3.8) is 0 Å². The van der Waals surface area contributed by atoms with E-state index in [1.807, 2.05) is 67.6 Å². The molecule has 1 aliphatic rings. The van der Waals surface area contributed by atoms with Gasteiger partial charge in [0, 0.05) is 32.7 Å². The normalized spacial score (nSPS) is 13.4. The maximum atomic E-state index is 13.8. The number of carbonyl (C=O) groups is 1. The standard InChI is InChI=1S/C36H41N3O8S2/c1-2-20-39(21-9-14-26-10-5-3-6-11-26)49(46,47)32-24-31(33(40)35(42)34(32)41)36(43)38-22-18-28-15-16-30(23-29(28)25-38)48(44,45)37-19-17-27-12-7-4-8-13-27/h3-8,10-13,15-16,23-24,37,40-42H,2,9,14,17-22,25H2,1H3. The first-order chi connectivity index (χ1) is 23.4. The molecule has 0 atom stereocenters. The van der Waals surface area contributed by atoms with E-state index in [1.54, 1.807) is 6.07 Å². The smallest absolute Gasteiger partial charge is 0.258 e. The second kappa shape index (κ2) is 15.4. The highest BCUT2D eigenvalue weighted by Gasteiger charge is 2.34. The third kappa shape index (κ3) is 8.24. The van der Waals surface area contributed by atoms with Crippen LogP contribution in [0.3, 0.4) is 0 Å². The highest BCUT2D eigenvalue weighted by molar-refractivity contribution is 7.89. The molecule has 1 heterocycles. The van der Waals surface area contributed by atoms with E-state index in [0.717, 1.165) is 22.8 Å². The summed E-state index contributed by atoms with van der Waals surface area (Å²) in [5, 5.41) is 32.1. The zero-order valence-electron chi connectivity index (χ0n) is 27.2. The zero-order chi connectivity index (χ0) is 35.2. The van der Waals surface area contributed by atoms with E-state index in [0.29, 0.717) is 37.7 Å². The minimum atomic E-state index is -4.40. The summed E-state index contributed by atoms with van der Waals surface area (Å²) in [5.74, 6) is -3.89. The minimum absolute atomic E-state index is 0.0217. The second-order valence-corrected chi connectivity index (χ2v) is 15.7. The van der Waals surface area contributed by atoms with Gasteiger partial charge in [0.25, 0.3) is 5.91 Å². The van der Waals surface area contributed by atoms with Crippen molar-refractivity contribution in [3.8, 4) is 17.2 Å². The molecule has 4 aromatic rings. The molecule has 260 valence electrons. The van der Waals surface area contributed by atoms with Crippen LogP contribution in [0.5, 0.6) is 17.2 Å². The van der Waals surface area contributed by atoms with Crippen LogP contribution in [0.1, 0.15) is 52.4 Å². The summed E-state index contributed by atoms with van der Waals surface area (Å²) >= 11 is 0. The highest BCUT2D eigenvalue weighted by atomic mass is 32.2. The van der Waals surface area contributed by atoms with Crippen LogP contribution < -0.4 is 4.72 Å². The Labute approximate surface area is 287 Å². The van der Waals surface area contributed by atoms with Gasteiger partial charge in [-0.3, -0.25) is 4.79 Å². The summed E-state index contributed by atoms with van der Waals surface area (Å²) in [4.78, 5) is 14.5. The van der Waals surface area contributed by atoms with Gasteiger partial charge in [0.15, 0.2) is 11.5 Å². The number of benzene rings is 4. The molecule has 0 unspecified atom stereocenters. The van der Waals surface area contributed by atoms with Crippen LogP contribution in [0.15, 0.2) is 94.7 Å². The average molecular weight is 708 g/mol. The van der Waals surface area contributed by atoms with Gasteiger partial charge in [-0.05, 0) is 72.6 Å². The van der Waals surface area contributed by atoms with Gasteiger partial charge in [-0.15, -0.1) is 0 Å². The fourth-order valence-electron chi connectivity index (χ4n) is 5.93. The summed E-state index contributed by atoms with van der Waals surface area (Å²) in [6, 6.07) is 24.7. The van der Waals surface area contributed by atoms with E-state index < -0.39 is 53.7 Å². The SMILES string of the molecule is CCCN(CCCc1ccccc1)S(=O)(=O)c1cc(C(=O)N2CCc3ccc(S(=O)(=O)NCCc4ccccc4)cc3C2)c(O)c(O)c1O. The predicted octanol–water partition coefficient (Wildman–Crippen LogP) is 4.56. The number of carbonyl (C=O) groups excluding carboxylic acids is 1. The molecular weight excluding hydrogens is 667 g/mol. The van der Waals surface area contributed by atoms with Gasteiger partial charge >= 0.3 is 0 Å². The summed E-state index contributed by atoms with van der Waals surface area (Å²) in [6.45, 7) is 2.45. The van der Waals surface area contributed by atoms with Gasteiger partial charge in [0.1, 0.15) is 4.90 Å². The molecule has 0 aliphatic carbocycles. The van der Waals surface area contributed by atoms with E-state index in [1.165, 1.54) is 21.3 Å². The van der Waals surface area contributed by atoms with Crippen molar-refractivity contribution in [1.82, 2.24) is 13.9 Å². The molecule has 0 saturated carbocycles. The monoisotopic (exact) mass is 707 g/mol. The number of aromatic hydroxyl groups is 3. The molecule has 5 rings (SSSR count). The van der Waals surface area contributed by atoms with E-state index in [9.17, 15) is 36.9 Å². The molecule has 1 aliphatic heterocycles. The Bertz CT molecular complexity index is 2010. The topological polar surface area (TPSA) is 165 Å². The maximum Gasteiger partial charge on any atom is 0.258 e. The Morgan fingerprint density at radius 1 is 0.796 bits per heavy atom. The fraction of sp³-hybridized carbons (Fsp3) is 0.306. The number of amides is 1. The van der Waals surface area contributed by atoms with E-state index in [2.05, 4.69) is 4.72 Å². The van der Waals surface area contributed by atoms with Crippen LogP contribution in [-0.2, 0) is 45.9 Å². The molecule has 0 radical (unpaired) electrons. The molecule has 13 heteroatoms. The molecule has 0 spiro atoms. The molecule has 4 aromatic carbocycles. The van der Waals surface area contributed by atoms with Crippen molar-refractivity contribution < 1.29 is 36.9 Å². The van der Waals surface area contributed by atoms with Gasteiger partial charge in [-0.1, -0.05) is 73.7 Å². The van der Waals surface area contributed by atoms with Gasteiger partial charge in [-0.25, -0.2) is 21.6 Å². The number of fused-ring (bicyclic) bond motifs is 1. The zero-order valence-corrected chi connectivity index (χ0v) is 28.9. The first kappa shape index (κ1) is 35.9. The molecule has 0 fully saturated rings. The quantitative estimate of drug-likeness (QED) is 0.139. The third-order valence-corrected chi connectivity index (χ3v) is 12.0. The predicted molar refractivity (Wildman–Crippen MR) is 185 cm³/mol. The Morgan fingerprint density at radius 2 is 1.45 bits per heavy atom. The van der Waals surface area contributed by atoms with E-state index in [-0.39, 0.29) is 37.6 Å². The summed E-state index contributed by atoms with van der Waals surface area (Å²) < 4.78 is 57.7. The Balaban J connectivity index is 1.35. The minimum Gasteiger partial charge on any atom is -0.504 e. The Kier molecular flexibility index (Phi) is 11.3. The van der Waals surface area contributed by atoms with Crippen LogP contribution in [-0.4, -0.2) is 73.4 Å². The Hall–Kier alpha value is -4.43. The molecule has 1 amide bonds. The lowest BCUT2D eigenvalue weighted by Crippen LogP contribution is -2.37. The lowest BCUT2D eigenvalue weighted by molar-refractivity contribution is 0.0730. The summed E-state index contributed by atoms with van der Waals surface area (Å²) in [5.41, 5.74) is 2.96. The van der Waals surface area contributed by atoms with Gasteiger partial charge in [0.05, 0.1) is 10.5 Å². The van der Waals surface area contributed by atoms with E-state index >= 15 is 0 Å². The van der Waals surface area contributed by atoms with Crippen molar-refractivity contribution in [2.24, 2.45) is 0 Å². The van der Waals surface area contributed by atoms with Crippen LogP contribution in [0.25, 0.3) is 0 Å². The van der Waals surface area contributed by atoms with Crippen molar-refractivity contribution in [2.75, 3.05) is 26.2 Å². The number of rotatable bonds is 14. The highest BCUT2D eigenvalue weighted by Crippen LogP contribution is 2.44. The maximum absolute atomic E-state index is 13.8. The second-order valence-electron chi connectivity index (χ2n) is 12.0. The number of hydrogen-bond acceptors (Lipinski definition) is 8. The van der Waals surface area contributed by atoms with Crippen LogP contribution >= 0.6 is 0 Å². The first-order valence-corrected chi connectivity index (χ1v) is 19.1. The number of nitrogens with one attached hydrogen (secondary N) is 1. The molecule has 49 heavy (non-hydrogen) atoms. The van der Waals surface area contributed by atoms with Crippen LogP contribution in [0.2, 0.25) is 0 Å². The number of nitrogens with zero attached hydrogens (tertiary/aromatic N) is 2. The molecule has 0 saturated heterocycles. The van der Waals surface area contributed by atoms with Gasteiger partial charge < -0.3 is 20.2 Å². The fourth-order valence-corrected chi connectivity index (χ4v) is 8.69.